The molecular weight excluding hydrogens is 402 g/mol. The molecule has 2 aromatic carbocycles. The molecule has 1 aliphatic rings. The molecule has 156 valence electrons. The zero-order valence-corrected chi connectivity index (χ0v) is 17.6. The van der Waals surface area contributed by atoms with Crippen molar-refractivity contribution in [2.24, 2.45) is 0 Å². The molecule has 7 heteroatoms. The number of amides is 1. The second-order valence-corrected chi connectivity index (χ2v) is 7.89. The summed E-state index contributed by atoms with van der Waals surface area (Å²) in [4.78, 5) is 27.0. The van der Waals surface area contributed by atoms with E-state index in [2.05, 4.69) is 10.2 Å². The van der Waals surface area contributed by atoms with Gasteiger partial charge < -0.3 is 9.64 Å². The second kappa shape index (κ2) is 8.98. The Kier molecular flexibility index (Phi) is 6.16. The van der Waals surface area contributed by atoms with Crippen molar-refractivity contribution in [3.05, 3.63) is 74.7 Å². The molecule has 0 atom stereocenters. The Labute approximate surface area is 179 Å². The molecule has 1 fully saturated rings. The van der Waals surface area contributed by atoms with Gasteiger partial charge in [0, 0.05) is 37.1 Å². The second-order valence-electron chi connectivity index (χ2n) is 7.49. The summed E-state index contributed by atoms with van der Waals surface area (Å²) in [5.74, 6) is 0.0316. The lowest BCUT2D eigenvalue weighted by molar-refractivity contribution is 0.0146. The van der Waals surface area contributed by atoms with Crippen molar-refractivity contribution < 1.29 is 9.53 Å². The topological polar surface area (TPSA) is 75.3 Å². The first-order valence-electron chi connectivity index (χ1n) is 10.2. The maximum atomic E-state index is 13.0. The van der Waals surface area contributed by atoms with E-state index in [1.54, 1.807) is 18.2 Å². The highest BCUT2D eigenvalue weighted by Crippen LogP contribution is 2.25. The van der Waals surface area contributed by atoms with Crippen molar-refractivity contribution in [3.63, 3.8) is 0 Å². The maximum absolute atomic E-state index is 13.0. The minimum atomic E-state index is -0.268. The molecular formula is C23H24ClN3O3. The number of carbonyl (C=O) groups excluding carboxylic acids is 1. The van der Waals surface area contributed by atoms with E-state index in [1.165, 1.54) is 0 Å². The monoisotopic (exact) mass is 425 g/mol. The van der Waals surface area contributed by atoms with Crippen LogP contribution in [-0.2, 0) is 11.2 Å². The smallest absolute Gasteiger partial charge is 0.272 e. The van der Waals surface area contributed by atoms with E-state index >= 15 is 0 Å². The molecule has 30 heavy (non-hydrogen) atoms. The molecule has 0 radical (unpaired) electrons. The summed E-state index contributed by atoms with van der Waals surface area (Å²) in [5.41, 5.74) is 2.00. The molecule has 1 saturated heterocycles. The van der Waals surface area contributed by atoms with Crippen molar-refractivity contribution in [2.75, 3.05) is 19.7 Å². The molecule has 2 heterocycles. The third-order valence-electron chi connectivity index (χ3n) is 5.52. The van der Waals surface area contributed by atoms with Gasteiger partial charge in [0.05, 0.1) is 22.2 Å². The average Bonchev–Trinajstić information content (AvgIpc) is 2.76. The number of nitrogens with zero attached hydrogens (tertiary/aromatic N) is 2. The fraction of sp³-hybridized carbons (Fsp3) is 0.348. The summed E-state index contributed by atoms with van der Waals surface area (Å²) in [6.07, 6.45) is 2.44. The van der Waals surface area contributed by atoms with E-state index in [0.29, 0.717) is 53.2 Å². The van der Waals surface area contributed by atoms with E-state index in [-0.39, 0.29) is 17.6 Å². The van der Waals surface area contributed by atoms with Crippen LogP contribution in [0.5, 0.6) is 0 Å². The van der Waals surface area contributed by atoms with Gasteiger partial charge in [0.1, 0.15) is 0 Å². The number of likely N-dealkylation sites (tertiary alicyclic amines) is 1. The standard InChI is InChI=1S/C23H24ClN3O3/c1-2-30-17-9-11-27(12-10-17)23(29)16-6-3-5-15(13-16)14-20-21-18(22(28)26-25-20)7-4-8-19(21)24/h3-8,13,17H,2,9-12,14H2,1H3,(H,26,28). The van der Waals surface area contributed by atoms with Crippen molar-refractivity contribution >= 4 is 28.3 Å². The van der Waals surface area contributed by atoms with Gasteiger partial charge in [0.15, 0.2) is 0 Å². The van der Waals surface area contributed by atoms with Crippen LogP contribution in [0, 0.1) is 0 Å². The third-order valence-corrected chi connectivity index (χ3v) is 5.83. The minimum Gasteiger partial charge on any atom is -0.378 e. The summed E-state index contributed by atoms with van der Waals surface area (Å²) in [6.45, 7) is 4.11. The molecule has 4 rings (SSSR count). The van der Waals surface area contributed by atoms with Gasteiger partial charge in [-0.05, 0) is 49.6 Å². The van der Waals surface area contributed by atoms with Crippen molar-refractivity contribution in [1.82, 2.24) is 15.1 Å². The Hall–Kier alpha value is -2.70. The van der Waals surface area contributed by atoms with Gasteiger partial charge >= 0.3 is 0 Å². The zero-order valence-electron chi connectivity index (χ0n) is 16.9. The molecule has 3 aromatic rings. The Morgan fingerprint density at radius 1 is 1.23 bits per heavy atom. The highest BCUT2D eigenvalue weighted by Gasteiger charge is 2.24. The van der Waals surface area contributed by atoms with Crippen LogP contribution in [0.15, 0.2) is 47.3 Å². The van der Waals surface area contributed by atoms with Crippen LogP contribution in [0.2, 0.25) is 5.02 Å². The predicted octanol–water partition coefficient (Wildman–Crippen LogP) is 3.81. The fourth-order valence-electron chi connectivity index (χ4n) is 4.02. The molecule has 6 nitrogen and oxygen atoms in total. The van der Waals surface area contributed by atoms with Crippen LogP contribution in [-0.4, -0.2) is 46.8 Å². The number of hydrogen-bond acceptors (Lipinski definition) is 4. The SMILES string of the molecule is CCOC1CCN(C(=O)c2cccc(Cc3n[nH]c(=O)c4cccc(Cl)c34)c2)CC1. The van der Waals surface area contributed by atoms with Crippen LogP contribution >= 0.6 is 11.6 Å². The van der Waals surface area contributed by atoms with Gasteiger partial charge in [-0.2, -0.15) is 5.10 Å². The molecule has 1 aromatic heterocycles. The molecule has 1 N–H and O–H groups in total. The van der Waals surface area contributed by atoms with E-state index in [4.69, 9.17) is 16.3 Å². The Morgan fingerprint density at radius 2 is 2.00 bits per heavy atom. The van der Waals surface area contributed by atoms with Crippen molar-refractivity contribution in [3.8, 4) is 0 Å². The largest absolute Gasteiger partial charge is 0.378 e. The van der Waals surface area contributed by atoms with E-state index in [0.717, 1.165) is 18.4 Å². The molecule has 0 saturated carbocycles. The fourth-order valence-corrected chi connectivity index (χ4v) is 4.30. The zero-order chi connectivity index (χ0) is 21.1. The van der Waals surface area contributed by atoms with Crippen LogP contribution < -0.4 is 5.56 Å². The van der Waals surface area contributed by atoms with Crippen LogP contribution in [0.3, 0.4) is 0 Å². The Bertz CT molecular complexity index is 1120. The highest BCUT2D eigenvalue weighted by molar-refractivity contribution is 6.35. The summed E-state index contributed by atoms with van der Waals surface area (Å²) in [5, 5.41) is 8.42. The number of aromatic nitrogens is 2. The number of benzene rings is 2. The molecule has 1 amide bonds. The first-order chi connectivity index (χ1) is 14.6. The summed E-state index contributed by atoms with van der Waals surface area (Å²) in [6, 6.07) is 12.8. The first-order valence-corrected chi connectivity index (χ1v) is 10.6. The lowest BCUT2D eigenvalue weighted by atomic mass is 10.0. The summed E-state index contributed by atoms with van der Waals surface area (Å²) >= 11 is 6.35. The molecule has 0 bridgehead atoms. The predicted molar refractivity (Wildman–Crippen MR) is 117 cm³/mol. The molecule has 0 spiro atoms. The van der Waals surface area contributed by atoms with Gasteiger partial charge in [0.25, 0.3) is 11.5 Å². The number of H-pyrrole nitrogens is 1. The maximum Gasteiger partial charge on any atom is 0.272 e. The van der Waals surface area contributed by atoms with Crippen LogP contribution in [0.1, 0.15) is 41.4 Å². The van der Waals surface area contributed by atoms with E-state index in [1.807, 2.05) is 36.1 Å². The van der Waals surface area contributed by atoms with Gasteiger partial charge in [0.2, 0.25) is 0 Å². The first kappa shape index (κ1) is 20.6. The summed E-state index contributed by atoms with van der Waals surface area (Å²) in [7, 11) is 0. The summed E-state index contributed by atoms with van der Waals surface area (Å²) < 4.78 is 5.67. The number of hydrogen-bond donors (Lipinski definition) is 1. The number of piperidine rings is 1. The highest BCUT2D eigenvalue weighted by atomic mass is 35.5. The number of halogens is 1. The number of carbonyl (C=O) groups is 1. The van der Waals surface area contributed by atoms with E-state index < -0.39 is 0 Å². The van der Waals surface area contributed by atoms with Crippen LogP contribution in [0.4, 0.5) is 0 Å². The Morgan fingerprint density at radius 3 is 2.77 bits per heavy atom. The average molecular weight is 426 g/mol. The molecule has 1 aliphatic heterocycles. The van der Waals surface area contributed by atoms with Crippen LogP contribution in [0.25, 0.3) is 10.8 Å². The lowest BCUT2D eigenvalue weighted by Crippen LogP contribution is -2.40. The number of aromatic amines is 1. The normalized spacial score (nSPS) is 14.9. The molecule has 0 unspecified atom stereocenters. The number of nitrogens with one attached hydrogen (secondary N) is 1. The van der Waals surface area contributed by atoms with Crippen molar-refractivity contribution in [1.29, 1.82) is 0 Å². The van der Waals surface area contributed by atoms with Crippen molar-refractivity contribution in [2.45, 2.75) is 32.3 Å². The third kappa shape index (κ3) is 4.25. The number of ether oxygens (including phenoxy) is 1. The lowest BCUT2D eigenvalue weighted by Gasteiger charge is -2.31. The van der Waals surface area contributed by atoms with Gasteiger partial charge in [-0.25, -0.2) is 5.10 Å². The molecule has 0 aliphatic carbocycles. The van der Waals surface area contributed by atoms with Gasteiger partial charge in [-0.15, -0.1) is 0 Å². The van der Waals surface area contributed by atoms with Gasteiger partial charge in [-0.3, -0.25) is 9.59 Å². The van der Waals surface area contributed by atoms with E-state index in [9.17, 15) is 9.59 Å². The van der Waals surface area contributed by atoms with Gasteiger partial charge in [-0.1, -0.05) is 29.8 Å². The quantitative estimate of drug-likeness (QED) is 0.674. The number of fused-ring (bicyclic) bond motifs is 1. The Balaban J connectivity index is 1.55. The minimum absolute atomic E-state index is 0.0316. The number of rotatable bonds is 5.